The highest BCUT2D eigenvalue weighted by Crippen LogP contribution is 2.48. The van der Waals surface area contributed by atoms with Gasteiger partial charge in [0.25, 0.3) is 0 Å². The Morgan fingerprint density at radius 2 is 1.69 bits per heavy atom. The number of halogens is 1. The Balaban J connectivity index is 0.00000432. The maximum Gasteiger partial charge on any atom is 0.327 e. The first-order valence-electron chi connectivity index (χ1n) is 17.2. The van der Waals surface area contributed by atoms with Crippen LogP contribution >= 0.6 is 11.8 Å². The molecule has 0 aliphatic carbocycles. The first kappa shape index (κ1) is 33.3. The Morgan fingerprint density at radius 1 is 0.959 bits per heavy atom. The molecule has 0 bridgehead atoms. The van der Waals surface area contributed by atoms with Gasteiger partial charge in [-0.15, -0.1) is 11.8 Å². The number of carbonyl (C=O) groups excluding carboxylic acids is 2. The molecule has 2 aromatic heterocycles. The number of hydrogen-bond acceptors (Lipinski definition) is 7. The van der Waals surface area contributed by atoms with Crippen molar-refractivity contribution in [2.24, 2.45) is 0 Å². The van der Waals surface area contributed by atoms with Crippen molar-refractivity contribution in [2.75, 3.05) is 44.2 Å². The summed E-state index contributed by atoms with van der Waals surface area (Å²) < 4.78 is 17.6. The number of pyridine rings is 1. The summed E-state index contributed by atoms with van der Waals surface area (Å²) >= 11 is 1.45. The monoisotopic (exact) mass is 687 g/mol. The molecule has 49 heavy (non-hydrogen) atoms. The summed E-state index contributed by atoms with van der Waals surface area (Å²) in [5.41, 5.74) is 3.47. The van der Waals surface area contributed by atoms with E-state index < -0.39 is 10.6 Å². The molecule has 5 heterocycles. The zero-order valence-electron chi connectivity index (χ0n) is 28.3. The van der Waals surface area contributed by atoms with Crippen LogP contribution < -0.4 is 10.6 Å². The molecule has 2 atom stereocenters. The highest BCUT2D eigenvalue weighted by molar-refractivity contribution is 8.01. The third-order valence-corrected chi connectivity index (χ3v) is 11.7. The van der Waals surface area contributed by atoms with Crippen molar-refractivity contribution in [1.82, 2.24) is 29.2 Å². The zero-order chi connectivity index (χ0) is 34.3. The topological polar surface area (TPSA) is 97.8 Å². The molecule has 3 fully saturated rings. The number of carbonyl (C=O) groups is 2. The standard InChI is InChI=1S/C37H44FN7O3S.H2/c1-37(2,3)43-21-19-42(20-22-43)32-27(11-7-12-28(32)38)35-44(24-25-9-5-4-6-10-25)34(47)30(49-35)23-31(46)41-17-14-26(15-18-41)45-29-13-8-16-39-33(29)40-36(45)48;/h4-13,16,26,30,35H,14-15,17-24H2,1-3H3,(H,39,40,48);1H/t30-,35?;/m0./s1. The first-order chi connectivity index (χ1) is 23.6. The fourth-order valence-electron chi connectivity index (χ4n) is 7.55. The normalized spacial score (nSPS) is 21.2. The maximum atomic E-state index is 15.8. The molecular weight excluding hydrogens is 642 g/mol. The number of fused-ring (bicyclic) bond motifs is 1. The summed E-state index contributed by atoms with van der Waals surface area (Å²) in [6.45, 7) is 11.0. The van der Waals surface area contributed by atoms with Crippen LogP contribution in [0.25, 0.3) is 11.2 Å². The van der Waals surface area contributed by atoms with E-state index in [0.717, 1.165) is 29.7 Å². The second-order valence-corrected chi connectivity index (χ2v) is 15.5. The van der Waals surface area contributed by atoms with Crippen molar-refractivity contribution in [2.45, 2.75) is 68.8 Å². The van der Waals surface area contributed by atoms with Crippen LogP contribution in [0.15, 0.2) is 71.7 Å². The second kappa shape index (κ2) is 13.6. The van der Waals surface area contributed by atoms with Gasteiger partial charge in [0.2, 0.25) is 11.8 Å². The second-order valence-electron chi connectivity index (χ2n) is 14.2. The molecule has 2 aromatic carbocycles. The average molecular weight is 688 g/mol. The number of aromatic nitrogens is 3. The van der Waals surface area contributed by atoms with Crippen LogP contribution in [0.3, 0.4) is 0 Å². The van der Waals surface area contributed by atoms with Crippen molar-refractivity contribution < 1.29 is 15.4 Å². The molecule has 1 N–H and O–H groups in total. The van der Waals surface area contributed by atoms with Gasteiger partial charge in [0, 0.05) is 77.0 Å². The van der Waals surface area contributed by atoms with Crippen molar-refractivity contribution in [1.29, 1.82) is 0 Å². The Bertz CT molecular complexity index is 1880. The zero-order valence-corrected chi connectivity index (χ0v) is 29.2. The van der Waals surface area contributed by atoms with Gasteiger partial charge in [-0.3, -0.25) is 24.0 Å². The van der Waals surface area contributed by atoms with E-state index >= 15 is 4.39 Å². The predicted molar refractivity (Wildman–Crippen MR) is 193 cm³/mol. The minimum absolute atomic E-state index is 0. The number of para-hydroxylation sites is 1. The lowest BCUT2D eigenvalue weighted by Gasteiger charge is -2.43. The molecule has 1 unspecified atom stereocenters. The number of imidazole rings is 1. The fourth-order valence-corrected chi connectivity index (χ4v) is 9.02. The van der Waals surface area contributed by atoms with Gasteiger partial charge in [-0.2, -0.15) is 0 Å². The van der Waals surface area contributed by atoms with E-state index in [-0.39, 0.29) is 42.7 Å². The van der Waals surface area contributed by atoms with Crippen LogP contribution in [0.4, 0.5) is 10.1 Å². The molecule has 3 saturated heterocycles. The summed E-state index contributed by atoms with van der Waals surface area (Å²) in [4.78, 5) is 55.9. The van der Waals surface area contributed by atoms with Crippen molar-refractivity contribution in [3.63, 3.8) is 0 Å². The number of nitrogens with zero attached hydrogens (tertiary/aromatic N) is 6. The van der Waals surface area contributed by atoms with E-state index in [2.05, 4.69) is 40.5 Å². The van der Waals surface area contributed by atoms with Crippen LogP contribution in [0.1, 0.15) is 64.0 Å². The summed E-state index contributed by atoms with van der Waals surface area (Å²) in [7, 11) is 0. The Labute approximate surface area is 291 Å². The largest absolute Gasteiger partial charge is 0.366 e. The van der Waals surface area contributed by atoms with Crippen LogP contribution in [0, 0.1) is 5.82 Å². The van der Waals surface area contributed by atoms with Crippen molar-refractivity contribution >= 4 is 40.4 Å². The maximum absolute atomic E-state index is 15.8. The summed E-state index contributed by atoms with van der Waals surface area (Å²) in [6, 6.07) is 18.7. The highest BCUT2D eigenvalue weighted by atomic mass is 32.2. The third-order valence-electron chi connectivity index (χ3n) is 10.2. The highest BCUT2D eigenvalue weighted by Gasteiger charge is 2.44. The minimum Gasteiger partial charge on any atom is -0.366 e. The number of hydrogen-bond donors (Lipinski definition) is 1. The SMILES string of the molecule is CC(C)(C)N1CCN(c2c(F)cccc2C2S[C@@H](CC(=O)N3CCC(n4c(=O)[nH]c5ncccc54)CC3)C(=O)N2Cc2ccccc2)CC1.[HH]. The molecule has 2 amide bonds. The number of piperazine rings is 1. The van der Waals surface area contributed by atoms with Crippen molar-refractivity contribution in [3.8, 4) is 0 Å². The first-order valence-corrected chi connectivity index (χ1v) is 18.1. The molecule has 0 spiro atoms. The Kier molecular flexibility index (Phi) is 9.27. The van der Waals surface area contributed by atoms with Gasteiger partial charge in [-0.05, 0) is 57.4 Å². The number of amides is 2. The molecule has 0 radical (unpaired) electrons. The van der Waals surface area contributed by atoms with Gasteiger partial charge in [0.05, 0.1) is 16.5 Å². The van der Waals surface area contributed by atoms with E-state index in [1.807, 2.05) is 58.3 Å². The van der Waals surface area contributed by atoms with Crippen LogP contribution in [0.5, 0.6) is 0 Å². The number of nitrogens with one attached hydrogen (secondary N) is 1. The minimum atomic E-state index is -0.588. The number of rotatable bonds is 7. The lowest BCUT2D eigenvalue weighted by molar-refractivity contribution is -0.137. The van der Waals surface area contributed by atoms with E-state index in [1.165, 1.54) is 17.8 Å². The van der Waals surface area contributed by atoms with Gasteiger partial charge in [-0.25, -0.2) is 14.2 Å². The van der Waals surface area contributed by atoms with Crippen molar-refractivity contribution in [3.05, 3.63) is 94.3 Å². The molecule has 0 saturated carbocycles. The van der Waals surface area contributed by atoms with E-state index in [9.17, 15) is 14.4 Å². The number of thioether (sulfide) groups is 1. The van der Waals surface area contributed by atoms with Crippen LogP contribution in [-0.4, -0.2) is 91.1 Å². The molecule has 4 aromatic rings. The van der Waals surface area contributed by atoms with Crippen LogP contribution in [0.2, 0.25) is 0 Å². The molecular formula is C37H46FN7O3S. The molecule has 7 rings (SSSR count). The Morgan fingerprint density at radius 3 is 2.41 bits per heavy atom. The molecule has 3 aliphatic heterocycles. The fraction of sp³-hybridized carbons (Fsp3) is 0.459. The summed E-state index contributed by atoms with van der Waals surface area (Å²) in [5.74, 6) is -0.468. The van der Waals surface area contributed by atoms with Gasteiger partial charge >= 0.3 is 5.69 Å². The number of benzene rings is 2. The molecule has 3 aliphatic rings. The number of anilines is 1. The van der Waals surface area contributed by atoms with E-state index in [1.54, 1.807) is 16.8 Å². The van der Waals surface area contributed by atoms with Gasteiger partial charge in [0.15, 0.2) is 5.65 Å². The average Bonchev–Trinajstić information content (AvgIpc) is 3.59. The molecule has 260 valence electrons. The van der Waals surface area contributed by atoms with E-state index in [4.69, 9.17) is 0 Å². The van der Waals surface area contributed by atoms with Gasteiger partial charge in [-0.1, -0.05) is 42.5 Å². The number of H-pyrrole nitrogens is 1. The predicted octanol–water partition coefficient (Wildman–Crippen LogP) is 5.43. The number of aromatic amines is 1. The van der Waals surface area contributed by atoms with Crippen LogP contribution in [-0.2, 0) is 16.1 Å². The van der Waals surface area contributed by atoms with Gasteiger partial charge in [0.1, 0.15) is 11.2 Å². The smallest absolute Gasteiger partial charge is 0.327 e. The third kappa shape index (κ3) is 6.72. The lowest BCUT2D eigenvalue weighted by Crippen LogP contribution is -2.53. The van der Waals surface area contributed by atoms with E-state index in [0.29, 0.717) is 56.9 Å². The quantitative estimate of drug-likeness (QED) is 0.277. The summed E-state index contributed by atoms with van der Waals surface area (Å²) in [6.07, 6.45) is 3.00. The summed E-state index contributed by atoms with van der Waals surface area (Å²) in [5, 5.41) is -1.03. The Hall–Kier alpha value is -4.16. The number of likely N-dealkylation sites (tertiary alicyclic amines) is 1. The number of piperidine rings is 1. The molecule has 10 nitrogen and oxygen atoms in total. The molecule has 12 heteroatoms. The van der Waals surface area contributed by atoms with Gasteiger partial charge < -0.3 is 14.7 Å². The lowest BCUT2D eigenvalue weighted by atomic mass is 10.0.